The van der Waals surface area contributed by atoms with Crippen LogP contribution in [0.15, 0.2) is 24.3 Å². The van der Waals surface area contributed by atoms with Gasteiger partial charge < -0.3 is 19.5 Å². The zero-order valence-corrected chi connectivity index (χ0v) is 17.3. The highest BCUT2D eigenvalue weighted by Crippen LogP contribution is 2.28. The van der Waals surface area contributed by atoms with E-state index in [4.69, 9.17) is 14.2 Å². The largest absolute Gasteiger partial charge is 0.493 e. The van der Waals surface area contributed by atoms with Crippen molar-refractivity contribution in [3.63, 3.8) is 0 Å². The number of alkyl carbamates (subject to hydrolysis) is 1. The van der Waals surface area contributed by atoms with Crippen LogP contribution in [0.5, 0.6) is 11.5 Å². The lowest BCUT2D eigenvalue weighted by Crippen LogP contribution is -2.41. The number of benzene rings is 1. The van der Waals surface area contributed by atoms with Gasteiger partial charge in [-0.2, -0.15) is 0 Å². The fourth-order valence-corrected chi connectivity index (χ4v) is 2.06. The van der Waals surface area contributed by atoms with Crippen LogP contribution in [0.4, 0.5) is 4.79 Å². The molecule has 1 aromatic rings. The van der Waals surface area contributed by atoms with Crippen molar-refractivity contribution >= 4 is 23.7 Å². The van der Waals surface area contributed by atoms with E-state index in [0.29, 0.717) is 11.5 Å². The number of hydrogen-bond donors (Lipinski definition) is 1. The average Bonchev–Trinajstić information content (AvgIpc) is 2.61. The number of Topliss-reactive ketones (excluding diaryl/α,β-unsaturated/α-hetero) is 1. The second-order valence-corrected chi connectivity index (χ2v) is 7.34. The molecule has 28 heavy (non-hydrogen) atoms. The number of ether oxygens (including phenoxy) is 3. The van der Waals surface area contributed by atoms with Crippen LogP contribution < -0.4 is 14.8 Å². The second kappa shape index (κ2) is 10.5. The average molecular weight is 391 g/mol. The fourth-order valence-electron chi connectivity index (χ4n) is 2.06. The van der Waals surface area contributed by atoms with Crippen LogP contribution in [0.1, 0.15) is 40.2 Å². The van der Waals surface area contributed by atoms with E-state index in [1.54, 1.807) is 31.2 Å². The van der Waals surface area contributed by atoms with Gasteiger partial charge in [0, 0.05) is 5.54 Å². The lowest BCUT2D eigenvalue weighted by Gasteiger charge is -2.20. The van der Waals surface area contributed by atoms with Crippen molar-refractivity contribution in [2.75, 3.05) is 20.3 Å². The molecule has 0 saturated carbocycles. The Bertz CT molecular complexity index is 733. The highest BCUT2D eigenvalue weighted by molar-refractivity contribution is 6.07. The first kappa shape index (κ1) is 23.2. The summed E-state index contributed by atoms with van der Waals surface area (Å²) in [6.07, 6.45) is 2.49. The number of ketones is 2. The third-order valence-electron chi connectivity index (χ3n) is 3.72. The highest BCUT2D eigenvalue weighted by Gasteiger charge is 2.15. The molecule has 0 aliphatic carbocycles. The molecule has 0 spiro atoms. The van der Waals surface area contributed by atoms with Crippen molar-refractivity contribution in [2.24, 2.45) is 5.92 Å². The summed E-state index contributed by atoms with van der Waals surface area (Å²) in [6.45, 7) is 8.81. The summed E-state index contributed by atoms with van der Waals surface area (Å²) < 4.78 is 15.9. The Kier molecular flexibility index (Phi) is 8.70. The number of nitrogens with one attached hydrogen (secondary N) is 1. The van der Waals surface area contributed by atoms with E-state index in [-0.39, 0.29) is 30.3 Å². The number of carbonyl (C=O) groups is 3. The van der Waals surface area contributed by atoms with Gasteiger partial charge in [-0.05, 0) is 58.4 Å². The maximum absolute atomic E-state index is 11.9. The molecule has 0 aliphatic heterocycles. The van der Waals surface area contributed by atoms with E-state index in [1.807, 2.05) is 20.8 Å². The number of amides is 1. The van der Waals surface area contributed by atoms with Crippen LogP contribution in [0.3, 0.4) is 0 Å². The Labute approximate surface area is 166 Å². The Morgan fingerprint density at radius 2 is 1.82 bits per heavy atom. The number of rotatable bonds is 9. The van der Waals surface area contributed by atoms with Crippen molar-refractivity contribution in [2.45, 2.75) is 40.2 Å². The summed E-state index contributed by atoms with van der Waals surface area (Å²) in [4.78, 5) is 34.7. The zero-order valence-electron chi connectivity index (χ0n) is 17.3. The molecule has 0 aromatic heterocycles. The SMILES string of the molecule is COc1cc(/C=C/C(=O)C(C)C(C)=O)ccc1OCCOC(=O)NC(C)(C)C. The number of methoxy groups -OCH3 is 1. The minimum absolute atomic E-state index is 0.0875. The summed E-state index contributed by atoms with van der Waals surface area (Å²) in [5.41, 5.74) is 0.364. The third kappa shape index (κ3) is 8.24. The standard InChI is InChI=1S/C21H29NO6/c1-14(15(2)23)17(24)9-7-16-8-10-18(19(13-16)26-6)27-11-12-28-20(25)22-21(3,4)5/h7-10,13-14H,11-12H2,1-6H3,(H,22,25)/b9-7+. The highest BCUT2D eigenvalue weighted by atomic mass is 16.6. The first-order chi connectivity index (χ1) is 13.0. The Hall–Kier alpha value is -2.83. The first-order valence-corrected chi connectivity index (χ1v) is 9.01. The molecule has 0 aliphatic rings. The van der Waals surface area contributed by atoms with E-state index >= 15 is 0 Å². The maximum Gasteiger partial charge on any atom is 0.407 e. The molecule has 154 valence electrons. The van der Waals surface area contributed by atoms with Crippen molar-refractivity contribution in [1.29, 1.82) is 0 Å². The summed E-state index contributed by atoms with van der Waals surface area (Å²) in [5.74, 6) is -0.112. The van der Waals surface area contributed by atoms with Crippen LogP contribution >= 0.6 is 0 Å². The van der Waals surface area contributed by atoms with Gasteiger partial charge in [-0.15, -0.1) is 0 Å². The Balaban J connectivity index is 2.62. The normalized spacial score (nSPS) is 12.4. The van der Waals surface area contributed by atoms with Crippen LogP contribution in [0.25, 0.3) is 6.08 Å². The molecule has 7 nitrogen and oxygen atoms in total. The van der Waals surface area contributed by atoms with Gasteiger partial charge in [0.1, 0.15) is 19.0 Å². The molecular weight excluding hydrogens is 362 g/mol. The van der Waals surface area contributed by atoms with E-state index in [2.05, 4.69) is 5.32 Å². The van der Waals surface area contributed by atoms with Crippen LogP contribution in [-0.2, 0) is 14.3 Å². The predicted octanol–water partition coefficient (Wildman–Crippen LogP) is 3.41. The number of carbonyl (C=O) groups excluding carboxylic acids is 3. The quantitative estimate of drug-likeness (QED) is 0.394. The number of hydrogen-bond acceptors (Lipinski definition) is 6. The van der Waals surface area contributed by atoms with Gasteiger partial charge in [0.2, 0.25) is 0 Å². The minimum Gasteiger partial charge on any atom is -0.493 e. The lowest BCUT2D eigenvalue weighted by atomic mass is 10.0. The molecule has 0 bridgehead atoms. The topological polar surface area (TPSA) is 90.9 Å². The van der Waals surface area contributed by atoms with Crippen LogP contribution in [0, 0.1) is 5.92 Å². The molecular formula is C21H29NO6. The Morgan fingerprint density at radius 3 is 2.39 bits per heavy atom. The van der Waals surface area contributed by atoms with Gasteiger partial charge in [-0.1, -0.05) is 12.1 Å². The van der Waals surface area contributed by atoms with Crippen molar-refractivity contribution in [3.8, 4) is 11.5 Å². The monoisotopic (exact) mass is 391 g/mol. The van der Waals surface area contributed by atoms with Gasteiger partial charge in [0.05, 0.1) is 13.0 Å². The minimum atomic E-state index is -0.656. The molecule has 1 aromatic carbocycles. The van der Waals surface area contributed by atoms with E-state index in [1.165, 1.54) is 20.1 Å². The van der Waals surface area contributed by atoms with E-state index < -0.39 is 12.0 Å². The zero-order chi connectivity index (χ0) is 21.3. The lowest BCUT2D eigenvalue weighted by molar-refractivity contribution is -0.128. The maximum atomic E-state index is 11.9. The molecule has 0 radical (unpaired) electrons. The first-order valence-electron chi connectivity index (χ1n) is 9.01. The van der Waals surface area contributed by atoms with Crippen molar-refractivity contribution < 1.29 is 28.6 Å². The number of allylic oxidation sites excluding steroid dienone is 1. The molecule has 1 N–H and O–H groups in total. The third-order valence-corrected chi connectivity index (χ3v) is 3.72. The molecule has 1 rings (SSSR count). The Morgan fingerprint density at radius 1 is 1.14 bits per heavy atom. The smallest absolute Gasteiger partial charge is 0.407 e. The van der Waals surface area contributed by atoms with Gasteiger partial charge in [-0.25, -0.2) is 4.79 Å². The van der Waals surface area contributed by atoms with Gasteiger partial charge >= 0.3 is 6.09 Å². The van der Waals surface area contributed by atoms with Crippen LogP contribution in [-0.4, -0.2) is 43.5 Å². The van der Waals surface area contributed by atoms with Gasteiger partial charge in [0.15, 0.2) is 17.3 Å². The molecule has 0 heterocycles. The summed E-state index contributed by atoms with van der Waals surface area (Å²) in [5, 5.41) is 2.69. The van der Waals surface area contributed by atoms with E-state index in [9.17, 15) is 14.4 Å². The molecule has 0 saturated heterocycles. The molecule has 1 amide bonds. The predicted molar refractivity (Wildman–Crippen MR) is 107 cm³/mol. The molecule has 1 atom stereocenters. The van der Waals surface area contributed by atoms with Crippen molar-refractivity contribution in [3.05, 3.63) is 29.8 Å². The van der Waals surface area contributed by atoms with Crippen molar-refractivity contribution in [1.82, 2.24) is 5.32 Å². The van der Waals surface area contributed by atoms with Crippen LogP contribution in [0.2, 0.25) is 0 Å². The van der Waals surface area contributed by atoms with Gasteiger partial charge in [0.25, 0.3) is 0 Å². The second-order valence-electron chi connectivity index (χ2n) is 7.34. The summed E-state index contributed by atoms with van der Waals surface area (Å²) in [7, 11) is 1.51. The van der Waals surface area contributed by atoms with Gasteiger partial charge in [-0.3, -0.25) is 9.59 Å². The summed E-state index contributed by atoms with van der Waals surface area (Å²) >= 11 is 0. The summed E-state index contributed by atoms with van der Waals surface area (Å²) in [6, 6.07) is 5.17. The molecule has 1 unspecified atom stereocenters. The molecule has 0 fully saturated rings. The van der Waals surface area contributed by atoms with E-state index in [0.717, 1.165) is 5.56 Å². The molecule has 7 heteroatoms. The fraction of sp³-hybridized carbons (Fsp3) is 0.476.